The summed E-state index contributed by atoms with van der Waals surface area (Å²) in [5.41, 5.74) is 6.84. The average molecular weight is 354 g/mol. The summed E-state index contributed by atoms with van der Waals surface area (Å²) in [6.07, 6.45) is 2.24. The summed E-state index contributed by atoms with van der Waals surface area (Å²) < 4.78 is 0. The van der Waals surface area contributed by atoms with Crippen molar-refractivity contribution in [3.8, 4) is 0 Å². The van der Waals surface area contributed by atoms with Gasteiger partial charge < -0.3 is 20.9 Å². The molecule has 7 nitrogen and oxygen atoms in total. The van der Waals surface area contributed by atoms with E-state index in [-0.39, 0.29) is 11.3 Å². The summed E-state index contributed by atoms with van der Waals surface area (Å²) in [4.78, 5) is 40.2. The van der Waals surface area contributed by atoms with E-state index in [1.165, 1.54) is 24.6 Å². The summed E-state index contributed by atoms with van der Waals surface area (Å²) in [5, 5.41) is 2.80. The summed E-state index contributed by atoms with van der Waals surface area (Å²) in [6.45, 7) is 3.95. The molecule has 1 fully saturated rings. The van der Waals surface area contributed by atoms with Crippen LogP contribution in [-0.4, -0.2) is 29.9 Å². The number of nitrogens with two attached hydrogens (primary N) is 1. The monoisotopic (exact) mass is 354 g/mol. The Balaban J connectivity index is 1.94. The number of primary amides is 1. The summed E-state index contributed by atoms with van der Waals surface area (Å²) in [5.74, 6) is -0.462. The maximum Gasteiger partial charge on any atom is 0.272 e. The van der Waals surface area contributed by atoms with E-state index in [2.05, 4.69) is 22.1 Å². The highest BCUT2D eigenvalue weighted by molar-refractivity contribution is 6.06. The normalized spacial score (nSPS) is 17.0. The van der Waals surface area contributed by atoms with Crippen LogP contribution < -0.4 is 21.5 Å². The first-order chi connectivity index (χ1) is 12.4. The number of nitrogens with one attached hydrogen (secondary N) is 2. The Morgan fingerprint density at radius 3 is 2.77 bits per heavy atom. The molecular weight excluding hydrogens is 332 g/mol. The van der Waals surface area contributed by atoms with Crippen LogP contribution in [0.4, 0.5) is 11.4 Å². The molecule has 1 unspecified atom stereocenters. The number of rotatable bonds is 4. The first kappa shape index (κ1) is 17.7. The van der Waals surface area contributed by atoms with E-state index in [0.717, 1.165) is 25.2 Å². The Morgan fingerprint density at radius 2 is 2.08 bits per heavy atom. The number of benzene rings is 1. The Hall–Kier alpha value is -3.09. The van der Waals surface area contributed by atoms with E-state index in [9.17, 15) is 14.4 Å². The van der Waals surface area contributed by atoms with Gasteiger partial charge in [-0.2, -0.15) is 0 Å². The summed E-state index contributed by atoms with van der Waals surface area (Å²) >= 11 is 0. The third kappa shape index (κ3) is 3.93. The molecule has 1 aromatic carbocycles. The van der Waals surface area contributed by atoms with Gasteiger partial charge in [-0.15, -0.1) is 0 Å². The maximum absolute atomic E-state index is 12.5. The van der Waals surface area contributed by atoms with Gasteiger partial charge in [0.05, 0.1) is 11.4 Å². The lowest BCUT2D eigenvalue weighted by Crippen LogP contribution is -2.35. The molecule has 26 heavy (non-hydrogen) atoms. The van der Waals surface area contributed by atoms with Crippen LogP contribution >= 0.6 is 0 Å². The van der Waals surface area contributed by atoms with Gasteiger partial charge >= 0.3 is 0 Å². The SMILES string of the molecule is CC1CCCN(c2ccc(C(N)=O)cc2NC(=O)c2cccc(=O)[nH]2)C1. The van der Waals surface area contributed by atoms with Crippen LogP contribution in [0.1, 0.15) is 40.6 Å². The van der Waals surface area contributed by atoms with Gasteiger partial charge in [-0.1, -0.05) is 13.0 Å². The molecule has 0 radical (unpaired) electrons. The number of anilines is 2. The molecule has 1 atom stereocenters. The number of hydrogen-bond donors (Lipinski definition) is 3. The van der Waals surface area contributed by atoms with Crippen molar-refractivity contribution in [2.75, 3.05) is 23.3 Å². The van der Waals surface area contributed by atoms with Gasteiger partial charge in [-0.3, -0.25) is 14.4 Å². The Morgan fingerprint density at radius 1 is 1.27 bits per heavy atom. The quantitative estimate of drug-likeness (QED) is 0.780. The average Bonchev–Trinajstić information content (AvgIpc) is 2.61. The molecule has 136 valence electrons. The largest absolute Gasteiger partial charge is 0.370 e. The number of amides is 2. The van der Waals surface area contributed by atoms with Gasteiger partial charge in [0.15, 0.2) is 0 Å². The van der Waals surface area contributed by atoms with Crippen molar-refractivity contribution >= 4 is 23.2 Å². The Bertz CT molecular complexity index is 890. The molecule has 0 saturated carbocycles. The minimum atomic E-state index is -0.563. The summed E-state index contributed by atoms with van der Waals surface area (Å²) in [6, 6.07) is 9.43. The molecule has 0 spiro atoms. The minimum Gasteiger partial charge on any atom is -0.370 e. The number of hydrogen-bond acceptors (Lipinski definition) is 4. The number of carbonyl (C=O) groups is 2. The van der Waals surface area contributed by atoms with Crippen LogP contribution in [0.5, 0.6) is 0 Å². The first-order valence-electron chi connectivity index (χ1n) is 8.63. The standard InChI is InChI=1S/C19H22N4O3/c1-12-4-3-9-23(11-12)16-8-7-13(18(20)25)10-15(16)22-19(26)14-5-2-6-17(24)21-14/h2,5-8,10,12H,3-4,9,11H2,1H3,(H2,20,25)(H,21,24)(H,22,26). The predicted molar refractivity (Wildman–Crippen MR) is 101 cm³/mol. The van der Waals surface area contributed by atoms with Gasteiger partial charge in [-0.25, -0.2) is 0 Å². The molecule has 2 heterocycles. The number of aromatic amines is 1. The van der Waals surface area contributed by atoms with Crippen LogP contribution in [0.15, 0.2) is 41.2 Å². The smallest absolute Gasteiger partial charge is 0.272 e. The maximum atomic E-state index is 12.5. The molecule has 1 aliphatic rings. The van der Waals surface area contributed by atoms with Crippen LogP contribution in [0.25, 0.3) is 0 Å². The van der Waals surface area contributed by atoms with Gasteiger partial charge in [0, 0.05) is 24.7 Å². The first-order valence-corrected chi connectivity index (χ1v) is 8.63. The van der Waals surface area contributed by atoms with Gasteiger partial charge in [0.1, 0.15) is 5.69 Å². The van der Waals surface area contributed by atoms with Crippen LogP contribution in [-0.2, 0) is 0 Å². The van der Waals surface area contributed by atoms with Crippen molar-refractivity contribution in [2.45, 2.75) is 19.8 Å². The van der Waals surface area contributed by atoms with Crippen LogP contribution in [0, 0.1) is 5.92 Å². The highest BCUT2D eigenvalue weighted by atomic mass is 16.2. The Kier molecular flexibility index (Phi) is 5.06. The predicted octanol–water partition coefficient (Wildman–Crippen LogP) is 1.96. The summed E-state index contributed by atoms with van der Waals surface area (Å²) in [7, 11) is 0. The molecule has 2 amide bonds. The molecule has 2 aromatic rings. The van der Waals surface area contributed by atoms with E-state index in [4.69, 9.17) is 5.73 Å². The zero-order valence-corrected chi connectivity index (χ0v) is 14.6. The third-order valence-electron chi connectivity index (χ3n) is 4.54. The molecular formula is C19H22N4O3. The molecule has 1 saturated heterocycles. The van der Waals surface area contributed by atoms with E-state index >= 15 is 0 Å². The van der Waals surface area contributed by atoms with Crippen molar-refractivity contribution in [1.82, 2.24) is 4.98 Å². The fraction of sp³-hybridized carbons (Fsp3) is 0.316. The minimum absolute atomic E-state index is 0.153. The molecule has 4 N–H and O–H groups in total. The van der Waals surface area contributed by atoms with Gasteiger partial charge in [0.2, 0.25) is 11.5 Å². The number of piperidine rings is 1. The number of H-pyrrole nitrogens is 1. The van der Waals surface area contributed by atoms with Crippen molar-refractivity contribution in [3.05, 3.63) is 58.0 Å². The second-order valence-corrected chi connectivity index (χ2v) is 6.67. The van der Waals surface area contributed by atoms with Gasteiger partial charge in [-0.05, 0) is 43.0 Å². The fourth-order valence-electron chi connectivity index (χ4n) is 3.24. The van der Waals surface area contributed by atoms with Gasteiger partial charge in [0.25, 0.3) is 5.91 Å². The van der Waals surface area contributed by atoms with E-state index in [1.54, 1.807) is 12.1 Å². The highest BCUT2D eigenvalue weighted by Gasteiger charge is 2.21. The topological polar surface area (TPSA) is 108 Å². The lowest BCUT2D eigenvalue weighted by atomic mass is 9.99. The lowest BCUT2D eigenvalue weighted by Gasteiger charge is -2.34. The van der Waals surface area contributed by atoms with E-state index in [1.807, 2.05) is 6.07 Å². The molecule has 1 aliphatic heterocycles. The zero-order valence-electron chi connectivity index (χ0n) is 14.6. The molecule has 3 rings (SSSR count). The van der Waals surface area contributed by atoms with E-state index < -0.39 is 11.8 Å². The van der Waals surface area contributed by atoms with Crippen LogP contribution in [0.3, 0.4) is 0 Å². The van der Waals surface area contributed by atoms with Crippen molar-refractivity contribution < 1.29 is 9.59 Å². The molecule has 7 heteroatoms. The van der Waals surface area contributed by atoms with Crippen molar-refractivity contribution in [1.29, 1.82) is 0 Å². The lowest BCUT2D eigenvalue weighted by molar-refractivity contribution is 0.0995. The third-order valence-corrected chi connectivity index (χ3v) is 4.54. The highest BCUT2D eigenvalue weighted by Crippen LogP contribution is 2.31. The number of aromatic nitrogens is 1. The number of nitrogens with zero attached hydrogens (tertiary/aromatic N) is 1. The number of carbonyl (C=O) groups excluding carboxylic acids is 2. The molecule has 0 aliphatic carbocycles. The van der Waals surface area contributed by atoms with Crippen molar-refractivity contribution in [2.24, 2.45) is 11.7 Å². The van der Waals surface area contributed by atoms with Crippen LogP contribution in [0.2, 0.25) is 0 Å². The number of pyridine rings is 1. The molecule has 0 bridgehead atoms. The van der Waals surface area contributed by atoms with Crippen molar-refractivity contribution in [3.63, 3.8) is 0 Å². The molecule has 1 aromatic heterocycles. The Labute approximate surface area is 151 Å². The second-order valence-electron chi connectivity index (χ2n) is 6.67. The van der Waals surface area contributed by atoms with E-state index in [0.29, 0.717) is 17.2 Å². The fourth-order valence-corrected chi connectivity index (χ4v) is 3.24. The second kappa shape index (κ2) is 7.43. The zero-order chi connectivity index (χ0) is 18.7.